The van der Waals surface area contributed by atoms with Gasteiger partial charge in [0, 0.05) is 35.6 Å². The van der Waals surface area contributed by atoms with Gasteiger partial charge in [-0.05, 0) is 80.2 Å². The first kappa shape index (κ1) is 28.0. The van der Waals surface area contributed by atoms with Crippen LogP contribution in [0.4, 0.5) is 5.69 Å². The Kier molecular flexibility index (Phi) is 8.30. The van der Waals surface area contributed by atoms with Crippen molar-refractivity contribution in [2.24, 2.45) is 0 Å². The number of anilines is 1. The Morgan fingerprint density at radius 1 is 1.10 bits per heavy atom. The molecule has 0 aliphatic carbocycles. The van der Waals surface area contributed by atoms with Gasteiger partial charge in [0.25, 0.3) is 0 Å². The molecule has 1 aliphatic rings. The van der Waals surface area contributed by atoms with E-state index in [1.54, 1.807) is 19.4 Å². The molecule has 0 bridgehead atoms. The monoisotopic (exact) mass is 593 g/mol. The Hall–Kier alpha value is -3.59. The molecule has 1 saturated heterocycles. The van der Waals surface area contributed by atoms with E-state index in [1.165, 1.54) is 0 Å². The second-order valence-electron chi connectivity index (χ2n) is 9.58. The van der Waals surface area contributed by atoms with Crippen LogP contribution >= 0.6 is 35.4 Å². The number of carbonyl (C=O) groups excluding carboxylic acids is 1. The average Bonchev–Trinajstić information content (AvgIpc) is 3.42. The zero-order chi connectivity index (χ0) is 28.4. The molecule has 1 amide bonds. The number of nitrogens with one attached hydrogen (secondary N) is 2. The molecule has 2 aromatic carbocycles. The number of aryl methyl sites for hydroxylation is 1. The van der Waals surface area contributed by atoms with E-state index >= 15 is 0 Å². The SMILES string of the molecule is COc1ccccc1NC(=O)CCN1C(=S)NC(c2ccccn2)C1c1cc(C)n(-c2ccc(Cl)cc2Cl)c1C. The molecule has 2 atom stereocenters. The van der Waals surface area contributed by atoms with E-state index in [4.69, 9.17) is 40.2 Å². The fourth-order valence-corrected chi connectivity index (χ4v) is 6.11. The van der Waals surface area contributed by atoms with E-state index in [0.717, 1.165) is 28.3 Å². The molecular formula is C30H29Cl2N5O2S. The molecule has 206 valence electrons. The standard InChI is InChI=1S/C30H29Cl2N5O2S/c1-18-16-21(19(2)37(18)25-12-11-20(31)17-22(25)32)29-28(24-9-6-7-14-33-24)35-30(40)36(29)15-13-27(38)34-23-8-4-5-10-26(23)39-3/h4-12,14,16-17,28-29H,13,15H2,1-3H3,(H,34,38)(H,35,40). The van der Waals surface area contributed by atoms with Crippen LogP contribution < -0.4 is 15.4 Å². The fourth-order valence-electron chi connectivity index (χ4n) is 5.29. The van der Waals surface area contributed by atoms with Crippen molar-refractivity contribution in [2.75, 3.05) is 19.0 Å². The number of methoxy groups -OCH3 is 1. The zero-order valence-electron chi connectivity index (χ0n) is 22.3. The van der Waals surface area contributed by atoms with Crippen molar-refractivity contribution >= 4 is 52.1 Å². The summed E-state index contributed by atoms with van der Waals surface area (Å²) >= 11 is 18.6. The molecule has 7 nitrogen and oxygen atoms in total. The minimum absolute atomic E-state index is 0.134. The van der Waals surface area contributed by atoms with Crippen LogP contribution in [0, 0.1) is 13.8 Å². The molecule has 10 heteroatoms. The number of aromatic nitrogens is 2. The number of amides is 1. The second-order valence-corrected chi connectivity index (χ2v) is 10.8. The maximum Gasteiger partial charge on any atom is 0.226 e. The first-order chi connectivity index (χ1) is 19.3. The minimum atomic E-state index is -0.208. The summed E-state index contributed by atoms with van der Waals surface area (Å²) in [5, 5.41) is 8.13. The van der Waals surface area contributed by atoms with E-state index in [0.29, 0.717) is 33.1 Å². The third-order valence-corrected chi connectivity index (χ3v) is 7.99. The van der Waals surface area contributed by atoms with Crippen LogP contribution in [0.5, 0.6) is 5.75 Å². The Bertz CT molecular complexity index is 1560. The number of hydrogen-bond acceptors (Lipinski definition) is 4. The van der Waals surface area contributed by atoms with Crippen LogP contribution in [0.15, 0.2) is 72.9 Å². The Balaban J connectivity index is 1.48. The van der Waals surface area contributed by atoms with Crippen molar-refractivity contribution < 1.29 is 9.53 Å². The zero-order valence-corrected chi connectivity index (χ0v) is 24.6. The van der Waals surface area contributed by atoms with Crippen molar-refractivity contribution in [2.45, 2.75) is 32.4 Å². The van der Waals surface area contributed by atoms with Gasteiger partial charge in [0.2, 0.25) is 5.91 Å². The third-order valence-electron chi connectivity index (χ3n) is 7.10. The topological polar surface area (TPSA) is 71.4 Å². The van der Waals surface area contributed by atoms with E-state index in [9.17, 15) is 4.79 Å². The molecule has 5 rings (SSSR count). The summed E-state index contributed by atoms with van der Waals surface area (Å²) in [5.41, 5.74) is 5.44. The third kappa shape index (κ3) is 5.52. The van der Waals surface area contributed by atoms with E-state index in [1.807, 2.05) is 61.5 Å². The first-order valence-electron chi connectivity index (χ1n) is 12.8. The summed E-state index contributed by atoms with van der Waals surface area (Å²) in [5.74, 6) is 0.473. The molecule has 2 N–H and O–H groups in total. The number of halogens is 2. The van der Waals surface area contributed by atoms with Crippen molar-refractivity contribution in [3.8, 4) is 11.4 Å². The number of benzene rings is 2. The van der Waals surface area contributed by atoms with Crippen molar-refractivity contribution in [1.82, 2.24) is 19.8 Å². The lowest BCUT2D eigenvalue weighted by molar-refractivity contribution is -0.116. The van der Waals surface area contributed by atoms with Gasteiger partial charge in [0.05, 0.1) is 41.3 Å². The van der Waals surface area contributed by atoms with Gasteiger partial charge >= 0.3 is 0 Å². The lowest BCUT2D eigenvalue weighted by atomic mass is 9.96. The second kappa shape index (κ2) is 11.9. The highest BCUT2D eigenvalue weighted by molar-refractivity contribution is 7.80. The number of para-hydroxylation sites is 2. The van der Waals surface area contributed by atoms with Gasteiger partial charge < -0.3 is 24.8 Å². The molecule has 40 heavy (non-hydrogen) atoms. The first-order valence-corrected chi connectivity index (χ1v) is 14.0. The number of pyridine rings is 1. The van der Waals surface area contributed by atoms with Crippen LogP contribution in [-0.4, -0.2) is 39.1 Å². The van der Waals surface area contributed by atoms with Crippen LogP contribution in [0.1, 0.15) is 41.1 Å². The summed E-state index contributed by atoms with van der Waals surface area (Å²) in [6, 6.07) is 20.4. The Morgan fingerprint density at radius 2 is 1.88 bits per heavy atom. The van der Waals surface area contributed by atoms with Crippen molar-refractivity contribution in [3.05, 3.63) is 106 Å². The largest absolute Gasteiger partial charge is 0.495 e. The molecule has 3 heterocycles. The average molecular weight is 595 g/mol. The maximum atomic E-state index is 13.0. The lowest BCUT2D eigenvalue weighted by Crippen LogP contribution is -2.33. The summed E-state index contributed by atoms with van der Waals surface area (Å²) in [7, 11) is 1.58. The number of thiocarbonyl (C=S) groups is 1. The summed E-state index contributed by atoms with van der Waals surface area (Å²) in [6.07, 6.45) is 2.00. The summed E-state index contributed by atoms with van der Waals surface area (Å²) in [4.78, 5) is 19.7. The molecule has 0 spiro atoms. The van der Waals surface area contributed by atoms with Gasteiger partial charge in [0.1, 0.15) is 5.75 Å². The molecule has 0 radical (unpaired) electrons. The molecule has 4 aromatic rings. The Labute approximate surface area is 249 Å². The summed E-state index contributed by atoms with van der Waals surface area (Å²) < 4.78 is 7.50. The molecule has 1 fully saturated rings. The number of ether oxygens (including phenoxy) is 1. The van der Waals surface area contributed by atoms with Gasteiger partial charge in [0.15, 0.2) is 5.11 Å². The van der Waals surface area contributed by atoms with Gasteiger partial charge in [-0.1, -0.05) is 41.4 Å². The van der Waals surface area contributed by atoms with Gasteiger partial charge in [-0.15, -0.1) is 0 Å². The maximum absolute atomic E-state index is 13.0. The highest BCUT2D eigenvalue weighted by Crippen LogP contribution is 2.42. The van der Waals surface area contributed by atoms with Crippen LogP contribution in [0.2, 0.25) is 10.0 Å². The number of nitrogens with zero attached hydrogens (tertiary/aromatic N) is 3. The number of hydrogen-bond donors (Lipinski definition) is 2. The predicted molar refractivity (Wildman–Crippen MR) is 164 cm³/mol. The number of rotatable bonds is 8. The summed E-state index contributed by atoms with van der Waals surface area (Å²) in [6.45, 7) is 4.52. The highest BCUT2D eigenvalue weighted by Gasteiger charge is 2.41. The quantitative estimate of drug-likeness (QED) is 0.219. The predicted octanol–water partition coefficient (Wildman–Crippen LogP) is 6.81. The minimum Gasteiger partial charge on any atom is -0.495 e. The van der Waals surface area contributed by atoms with E-state index < -0.39 is 0 Å². The lowest BCUT2D eigenvalue weighted by Gasteiger charge is -2.28. The molecule has 2 aromatic heterocycles. The smallest absolute Gasteiger partial charge is 0.226 e. The highest BCUT2D eigenvalue weighted by atomic mass is 35.5. The molecular weight excluding hydrogens is 565 g/mol. The molecule has 1 aliphatic heterocycles. The van der Waals surface area contributed by atoms with Gasteiger partial charge in [-0.2, -0.15) is 0 Å². The van der Waals surface area contributed by atoms with Gasteiger partial charge in [-0.25, -0.2) is 0 Å². The van der Waals surface area contributed by atoms with E-state index in [2.05, 4.69) is 38.1 Å². The Morgan fingerprint density at radius 3 is 2.60 bits per heavy atom. The van der Waals surface area contributed by atoms with Gasteiger partial charge in [-0.3, -0.25) is 9.78 Å². The molecule has 2 unspecified atom stereocenters. The van der Waals surface area contributed by atoms with Crippen molar-refractivity contribution in [1.29, 1.82) is 0 Å². The van der Waals surface area contributed by atoms with Crippen LogP contribution in [0.25, 0.3) is 5.69 Å². The fraction of sp³-hybridized carbons (Fsp3) is 0.233. The van der Waals surface area contributed by atoms with Crippen LogP contribution in [-0.2, 0) is 4.79 Å². The number of carbonyl (C=O) groups is 1. The molecule has 0 saturated carbocycles. The van der Waals surface area contributed by atoms with Crippen molar-refractivity contribution in [3.63, 3.8) is 0 Å². The van der Waals surface area contributed by atoms with E-state index in [-0.39, 0.29) is 24.4 Å². The normalized spacial score (nSPS) is 16.6. The van der Waals surface area contributed by atoms with Crippen LogP contribution in [0.3, 0.4) is 0 Å².